The Hall–Kier alpha value is 0.400. The van der Waals surface area contributed by atoms with Crippen LogP contribution in [0.3, 0.4) is 0 Å². The van der Waals surface area contributed by atoms with Crippen LogP contribution in [0, 0.1) is 0 Å². The number of hydrogen-bond acceptors (Lipinski definition) is 2. The highest BCUT2D eigenvalue weighted by Gasteiger charge is 2.48. The van der Waals surface area contributed by atoms with Gasteiger partial charge in [0.25, 0.3) is 0 Å². The Kier molecular flexibility index (Phi) is 5.27. The second kappa shape index (κ2) is 5.83. The van der Waals surface area contributed by atoms with Crippen molar-refractivity contribution in [2.24, 2.45) is 0 Å². The van der Waals surface area contributed by atoms with E-state index in [1.54, 1.807) is 0 Å². The van der Waals surface area contributed by atoms with Crippen molar-refractivity contribution in [1.29, 1.82) is 0 Å². The molecule has 96 valence electrons. The van der Waals surface area contributed by atoms with Gasteiger partial charge in [-0.25, -0.2) is 0 Å². The van der Waals surface area contributed by atoms with E-state index in [4.69, 9.17) is 9.47 Å². The van der Waals surface area contributed by atoms with Gasteiger partial charge in [0, 0.05) is 5.33 Å². The molecule has 1 heterocycles. The van der Waals surface area contributed by atoms with E-state index >= 15 is 0 Å². The van der Waals surface area contributed by atoms with Crippen LogP contribution in [0.25, 0.3) is 0 Å². The average Bonchev–Trinajstić information content (AvgIpc) is 2.35. The number of ether oxygens (including phenoxy) is 2. The number of rotatable bonds is 6. The van der Waals surface area contributed by atoms with Crippen molar-refractivity contribution in [3.05, 3.63) is 0 Å². The zero-order valence-corrected chi connectivity index (χ0v) is 12.6. The monoisotopic (exact) mass is 292 g/mol. The van der Waals surface area contributed by atoms with Gasteiger partial charge in [0.1, 0.15) is 0 Å². The highest BCUT2D eigenvalue weighted by Crippen LogP contribution is 2.39. The predicted molar refractivity (Wildman–Crippen MR) is 71.0 cm³/mol. The van der Waals surface area contributed by atoms with E-state index in [1.165, 1.54) is 25.7 Å². The minimum absolute atomic E-state index is 0.00558. The minimum Gasteiger partial charge on any atom is -0.344 e. The first-order chi connectivity index (χ1) is 7.39. The molecule has 0 bridgehead atoms. The summed E-state index contributed by atoms with van der Waals surface area (Å²) in [4.78, 5) is 0. The fraction of sp³-hybridized carbons (Fsp3) is 1.00. The van der Waals surface area contributed by atoms with Crippen LogP contribution in [-0.4, -0.2) is 22.8 Å². The highest BCUT2D eigenvalue weighted by atomic mass is 79.9. The van der Waals surface area contributed by atoms with Crippen molar-refractivity contribution in [1.82, 2.24) is 0 Å². The van der Waals surface area contributed by atoms with Crippen molar-refractivity contribution >= 4 is 15.9 Å². The Balaban J connectivity index is 2.21. The van der Waals surface area contributed by atoms with Crippen LogP contribution in [-0.2, 0) is 9.47 Å². The van der Waals surface area contributed by atoms with Gasteiger partial charge in [-0.15, -0.1) is 0 Å². The minimum atomic E-state index is -0.173. The second-order valence-electron chi connectivity index (χ2n) is 5.58. The Morgan fingerprint density at radius 3 is 1.88 bits per heavy atom. The molecule has 0 radical (unpaired) electrons. The fourth-order valence-electron chi connectivity index (χ4n) is 1.84. The molecule has 3 heteroatoms. The topological polar surface area (TPSA) is 18.5 Å². The number of hydrogen-bond donors (Lipinski definition) is 0. The SMILES string of the molecule is CC1(C)OC(CCCCCCBr)OC1(C)C. The lowest BCUT2D eigenvalue weighted by atomic mass is 9.90. The summed E-state index contributed by atoms with van der Waals surface area (Å²) < 4.78 is 11.9. The summed E-state index contributed by atoms with van der Waals surface area (Å²) in [7, 11) is 0. The average molecular weight is 293 g/mol. The molecule has 0 amide bonds. The van der Waals surface area contributed by atoms with Crippen molar-refractivity contribution < 1.29 is 9.47 Å². The third-order valence-electron chi connectivity index (χ3n) is 3.63. The molecule has 0 aliphatic carbocycles. The van der Waals surface area contributed by atoms with Gasteiger partial charge >= 0.3 is 0 Å². The van der Waals surface area contributed by atoms with Gasteiger partial charge in [-0.3, -0.25) is 0 Å². The van der Waals surface area contributed by atoms with Crippen LogP contribution < -0.4 is 0 Å². The second-order valence-corrected chi connectivity index (χ2v) is 6.37. The number of halogens is 1. The van der Waals surface area contributed by atoms with Crippen LogP contribution in [0.15, 0.2) is 0 Å². The summed E-state index contributed by atoms with van der Waals surface area (Å²) in [6, 6.07) is 0. The molecule has 1 aliphatic heterocycles. The van der Waals surface area contributed by atoms with Gasteiger partial charge < -0.3 is 9.47 Å². The van der Waals surface area contributed by atoms with Crippen molar-refractivity contribution in [3.63, 3.8) is 0 Å². The van der Waals surface area contributed by atoms with Gasteiger partial charge in [-0.05, 0) is 47.0 Å². The van der Waals surface area contributed by atoms with E-state index in [9.17, 15) is 0 Å². The van der Waals surface area contributed by atoms with Crippen molar-refractivity contribution in [2.45, 2.75) is 77.3 Å². The smallest absolute Gasteiger partial charge is 0.159 e. The fourth-order valence-corrected chi connectivity index (χ4v) is 2.24. The normalized spacial score (nSPS) is 23.8. The van der Waals surface area contributed by atoms with E-state index in [2.05, 4.69) is 43.6 Å². The summed E-state index contributed by atoms with van der Waals surface area (Å²) >= 11 is 3.45. The zero-order chi connectivity index (χ0) is 12.2. The van der Waals surface area contributed by atoms with Crippen LogP contribution in [0.5, 0.6) is 0 Å². The summed E-state index contributed by atoms with van der Waals surface area (Å²) in [6.45, 7) is 8.44. The molecule has 1 rings (SSSR count). The maximum Gasteiger partial charge on any atom is 0.159 e. The highest BCUT2D eigenvalue weighted by molar-refractivity contribution is 9.09. The van der Waals surface area contributed by atoms with Crippen LogP contribution >= 0.6 is 15.9 Å². The zero-order valence-electron chi connectivity index (χ0n) is 11.0. The predicted octanol–water partition coefficient (Wildman–Crippen LogP) is 4.26. The lowest BCUT2D eigenvalue weighted by Gasteiger charge is -2.30. The van der Waals surface area contributed by atoms with Crippen LogP contribution in [0.1, 0.15) is 59.8 Å². The Morgan fingerprint density at radius 2 is 1.38 bits per heavy atom. The molecule has 1 saturated heterocycles. The largest absolute Gasteiger partial charge is 0.344 e. The van der Waals surface area contributed by atoms with E-state index in [-0.39, 0.29) is 17.5 Å². The molecule has 2 nitrogen and oxygen atoms in total. The van der Waals surface area contributed by atoms with Gasteiger partial charge in [-0.1, -0.05) is 28.8 Å². The first-order valence-corrected chi connectivity index (χ1v) is 7.43. The quantitative estimate of drug-likeness (QED) is 0.538. The molecular formula is C13H25BrO2. The molecule has 16 heavy (non-hydrogen) atoms. The third-order valence-corrected chi connectivity index (χ3v) is 4.19. The maximum atomic E-state index is 5.94. The number of alkyl halides is 1. The standard InChI is InChI=1S/C13H25BrO2/c1-12(2)13(3,4)16-11(15-12)9-7-5-6-8-10-14/h11H,5-10H2,1-4H3. The molecule has 0 N–H and O–H groups in total. The van der Waals surface area contributed by atoms with E-state index in [0.717, 1.165) is 11.8 Å². The van der Waals surface area contributed by atoms with E-state index in [0.29, 0.717) is 0 Å². The molecule has 0 aromatic rings. The van der Waals surface area contributed by atoms with E-state index in [1.807, 2.05) is 0 Å². The molecule has 0 aromatic heterocycles. The van der Waals surface area contributed by atoms with Crippen molar-refractivity contribution in [3.8, 4) is 0 Å². The molecule has 0 saturated carbocycles. The molecule has 1 aliphatic rings. The summed E-state index contributed by atoms with van der Waals surface area (Å²) in [5, 5.41) is 1.11. The Morgan fingerprint density at radius 1 is 0.875 bits per heavy atom. The molecule has 0 atom stereocenters. The molecule has 0 unspecified atom stereocenters. The Labute approximate surface area is 108 Å². The lowest BCUT2D eigenvalue weighted by molar-refractivity contribution is -0.0913. The Bertz CT molecular complexity index is 198. The van der Waals surface area contributed by atoms with Crippen molar-refractivity contribution in [2.75, 3.05) is 5.33 Å². The van der Waals surface area contributed by atoms with Crippen LogP contribution in [0.2, 0.25) is 0 Å². The maximum absolute atomic E-state index is 5.94. The van der Waals surface area contributed by atoms with Gasteiger partial charge in [0.05, 0.1) is 11.2 Å². The molecule has 0 aromatic carbocycles. The van der Waals surface area contributed by atoms with Gasteiger partial charge in [-0.2, -0.15) is 0 Å². The van der Waals surface area contributed by atoms with Gasteiger partial charge in [0.2, 0.25) is 0 Å². The summed E-state index contributed by atoms with van der Waals surface area (Å²) in [5.74, 6) is 0. The molecule has 1 fully saturated rings. The first kappa shape index (κ1) is 14.5. The molecular weight excluding hydrogens is 268 g/mol. The first-order valence-electron chi connectivity index (χ1n) is 6.31. The lowest BCUT2D eigenvalue weighted by Crippen LogP contribution is -2.41. The van der Waals surface area contributed by atoms with E-state index < -0.39 is 0 Å². The van der Waals surface area contributed by atoms with Gasteiger partial charge in [0.15, 0.2) is 6.29 Å². The number of unbranched alkanes of at least 4 members (excludes halogenated alkanes) is 3. The molecule has 0 spiro atoms. The third kappa shape index (κ3) is 3.71. The summed E-state index contributed by atoms with van der Waals surface area (Å²) in [5.41, 5.74) is -0.346. The van der Waals surface area contributed by atoms with Crippen LogP contribution in [0.4, 0.5) is 0 Å². The summed E-state index contributed by atoms with van der Waals surface area (Å²) in [6.07, 6.45) is 6.05.